The Balaban J connectivity index is 1.88. The Morgan fingerprint density at radius 3 is 2.70 bits per heavy atom. The molecule has 23 heavy (non-hydrogen) atoms. The predicted octanol–water partition coefficient (Wildman–Crippen LogP) is 3.36. The van der Waals surface area contributed by atoms with Crippen molar-refractivity contribution in [3.05, 3.63) is 52.1 Å². The molecule has 0 aliphatic carbocycles. The number of carbonyl (C=O) groups is 1. The maximum Gasteiger partial charge on any atom is 0.254 e. The van der Waals surface area contributed by atoms with Crippen LogP contribution in [0.2, 0.25) is 0 Å². The van der Waals surface area contributed by atoms with Gasteiger partial charge in [-0.1, -0.05) is 31.5 Å². The highest BCUT2D eigenvalue weighted by atomic mass is 16.2. The Kier molecular flexibility index (Phi) is 4.00. The number of hydrogen-bond donors (Lipinski definition) is 0. The number of carbonyl (C=O) groups excluding carboxylic acids is 1. The Morgan fingerprint density at radius 2 is 2.00 bits per heavy atom. The van der Waals surface area contributed by atoms with E-state index in [1.807, 2.05) is 36.9 Å². The first-order valence-electron chi connectivity index (χ1n) is 8.29. The molecule has 0 saturated heterocycles. The lowest BCUT2D eigenvalue weighted by Gasteiger charge is -2.27. The SMILES string of the molecule is Cc1ccc(C)c(C(=O)N2CCc3c(nc(C(C)C)n3C)C2)c1. The van der Waals surface area contributed by atoms with E-state index >= 15 is 0 Å². The fraction of sp³-hybridized carbons (Fsp3) is 0.474. The third-order valence-electron chi connectivity index (χ3n) is 4.72. The standard InChI is InChI=1S/C19H25N3O/c1-12(2)18-20-16-11-22(9-8-17(16)21(18)5)19(23)15-10-13(3)6-7-14(15)4/h6-7,10,12H,8-9,11H2,1-5H3. The minimum atomic E-state index is 0.119. The zero-order valence-corrected chi connectivity index (χ0v) is 14.7. The van der Waals surface area contributed by atoms with Gasteiger partial charge in [-0.2, -0.15) is 0 Å². The number of imidazole rings is 1. The van der Waals surface area contributed by atoms with Gasteiger partial charge in [-0.05, 0) is 25.5 Å². The first-order chi connectivity index (χ1) is 10.9. The number of rotatable bonds is 2. The van der Waals surface area contributed by atoms with Gasteiger partial charge in [-0.25, -0.2) is 4.98 Å². The summed E-state index contributed by atoms with van der Waals surface area (Å²) in [7, 11) is 2.09. The van der Waals surface area contributed by atoms with Crippen LogP contribution in [-0.4, -0.2) is 26.9 Å². The van der Waals surface area contributed by atoms with Gasteiger partial charge in [0.25, 0.3) is 5.91 Å². The smallest absolute Gasteiger partial charge is 0.254 e. The van der Waals surface area contributed by atoms with Crippen molar-refractivity contribution in [2.24, 2.45) is 7.05 Å². The molecule has 4 heteroatoms. The molecular formula is C19H25N3O. The Morgan fingerprint density at radius 1 is 1.26 bits per heavy atom. The third-order valence-corrected chi connectivity index (χ3v) is 4.72. The van der Waals surface area contributed by atoms with Crippen molar-refractivity contribution in [2.45, 2.75) is 46.6 Å². The van der Waals surface area contributed by atoms with E-state index in [0.717, 1.165) is 41.2 Å². The number of fused-ring (bicyclic) bond motifs is 1. The van der Waals surface area contributed by atoms with Crippen molar-refractivity contribution in [2.75, 3.05) is 6.54 Å². The second-order valence-corrected chi connectivity index (χ2v) is 6.87. The molecule has 2 heterocycles. The third kappa shape index (κ3) is 2.78. The lowest BCUT2D eigenvalue weighted by molar-refractivity contribution is 0.0730. The number of benzene rings is 1. The van der Waals surface area contributed by atoms with Crippen molar-refractivity contribution >= 4 is 5.91 Å². The van der Waals surface area contributed by atoms with E-state index in [1.165, 1.54) is 5.69 Å². The van der Waals surface area contributed by atoms with E-state index < -0.39 is 0 Å². The Hall–Kier alpha value is -2.10. The number of nitrogens with zero attached hydrogens (tertiary/aromatic N) is 3. The average molecular weight is 311 g/mol. The second kappa shape index (κ2) is 5.84. The molecule has 0 unspecified atom stereocenters. The van der Waals surface area contributed by atoms with Crippen LogP contribution in [0.3, 0.4) is 0 Å². The van der Waals surface area contributed by atoms with Crippen LogP contribution in [0.15, 0.2) is 18.2 Å². The highest BCUT2D eigenvalue weighted by Gasteiger charge is 2.27. The predicted molar refractivity (Wildman–Crippen MR) is 91.7 cm³/mol. The fourth-order valence-corrected chi connectivity index (χ4v) is 3.38. The Bertz CT molecular complexity index is 758. The van der Waals surface area contributed by atoms with Gasteiger partial charge in [0.2, 0.25) is 0 Å². The van der Waals surface area contributed by atoms with Gasteiger partial charge in [-0.15, -0.1) is 0 Å². The zero-order valence-electron chi connectivity index (χ0n) is 14.7. The summed E-state index contributed by atoms with van der Waals surface area (Å²) in [6, 6.07) is 6.06. The maximum atomic E-state index is 12.9. The molecule has 1 aromatic heterocycles. The van der Waals surface area contributed by atoms with Gasteiger partial charge in [-0.3, -0.25) is 4.79 Å². The molecule has 1 aliphatic rings. The molecule has 4 nitrogen and oxygen atoms in total. The minimum absolute atomic E-state index is 0.119. The number of aromatic nitrogens is 2. The van der Waals surface area contributed by atoms with Gasteiger partial charge in [0.05, 0.1) is 12.2 Å². The van der Waals surface area contributed by atoms with Gasteiger partial charge < -0.3 is 9.47 Å². The zero-order chi connectivity index (χ0) is 16.7. The molecule has 2 aromatic rings. The molecular weight excluding hydrogens is 286 g/mol. The van der Waals surface area contributed by atoms with Gasteiger partial charge in [0.1, 0.15) is 5.82 Å². The van der Waals surface area contributed by atoms with Crippen molar-refractivity contribution < 1.29 is 4.79 Å². The average Bonchev–Trinajstić information content (AvgIpc) is 2.86. The lowest BCUT2D eigenvalue weighted by atomic mass is 10.0. The highest BCUT2D eigenvalue weighted by Crippen LogP contribution is 2.25. The number of hydrogen-bond acceptors (Lipinski definition) is 2. The van der Waals surface area contributed by atoms with Crippen LogP contribution in [0.4, 0.5) is 0 Å². The van der Waals surface area contributed by atoms with E-state index in [-0.39, 0.29) is 5.91 Å². The maximum absolute atomic E-state index is 12.9. The molecule has 1 aliphatic heterocycles. The summed E-state index contributed by atoms with van der Waals surface area (Å²) in [6.45, 7) is 9.72. The molecule has 0 saturated carbocycles. The van der Waals surface area contributed by atoms with Crippen LogP contribution < -0.4 is 0 Å². The van der Waals surface area contributed by atoms with Crippen LogP contribution in [0.1, 0.15) is 58.5 Å². The summed E-state index contributed by atoms with van der Waals surface area (Å²) in [5.41, 5.74) is 5.31. The lowest BCUT2D eigenvalue weighted by Crippen LogP contribution is -2.36. The van der Waals surface area contributed by atoms with Crippen LogP contribution in [0, 0.1) is 13.8 Å². The number of amides is 1. The van der Waals surface area contributed by atoms with Crippen molar-refractivity contribution in [1.82, 2.24) is 14.5 Å². The molecule has 0 atom stereocenters. The first-order valence-corrected chi connectivity index (χ1v) is 8.29. The summed E-state index contributed by atoms with van der Waals surface area (Å²) in [5.74, 6) is 1.62. The summed E-state index contributed by atoms with van der Waals surface area (Å²) < 4.78 is 2.21. The molecule has 0 radical (unpaired) electrons. The molecule has 122 valence electrons. The Labute approximate surface area is 138 Å². The second-order valence-electron chi connectivity index (χ2n) is 6.87. The van der Waals surface area contributed by atoms with Crippen LogP contribution in [0.5, 0.6) is 0 Å². The van der Waals surface area contributed by atoms with Crippen molar-refractivity contribution in [3.8, 4) is 0 Å². The summed E-state index contributed by atoms with van der Waals surface area (Å²) in [5, 5.41) is 0. The number of aryl methyl sites for hydroxylation is 2. The summed E-state index contributed by atoms with van der Waals surface area (Å²) in [4.78, 5) is 19.6. The largest absolute Gasteiger partial charge is 0.334 e. The van der Waals surface area contributed by atoms with E-state index in [4.69, 9.17) is 4.98 Å². The van der Waals surface area contributed by atoms with E-state index in [0.29, 0.717) is 12.5 Å². The first kappa shape index (κ1) is 15.8. The molecule has 0 N–H and O–H groups in total. The quantitative estimate of drug-likeness (QED) is 0.853. The monoisotopic (exact) mass is 311 g/mol. The fourth-order valence-electron chi connectivity index (χ4n) is 3.38. The van der Waals surface area contributed by atoms with Gasteiger partial charge >= 0.3 is 0 Å². The summed E-state index contributed by atoms with van der Waals surface area (Å²) >= 11 is 0. The van der Waals surface area contributed by atoms with Gasteiger partial charge in [0.15, 0.2) is 0 Å². The normalized spacial score (nSPS) is 14.3. The minimum Gasteiger partial charge on any atom is -0.334 e. The van der Waals surface area contributed by atoms with Crippen LogP contribution in [-0.2, 0) is 20.0 Å². The molecule has 1 aromatic carbocycles. The summed E-state index contributed by atoms with van der Waals surface area (Å²) in [6.07, 6.45) is 0.877. The van der Waals surface area contributed by atoms with E-state index in [1.54, 1.807) is 0 Å². The van der Waals surface area contributed by atoms with Crippen molar-refractivity contribution in [3.63, 3.8) is 0 Å². The molecule has 3 rings (SSSR count). The molecule has 0 fully saturated rings. The highest BCUT2D eigenvalue weighted by molar-refractivity contribution is 5.96. The van der Waals surface area contributed by atoms with Crippen molar-refractivity contribution in [1.29, 1.82) is 0 Å². The topological polar surface area (TPSA) is 38.1 Å². The molecule has 0 bridgehead atoms. The van der Waals surface area contributed by atoms with E-state index in [9.17, 15) is 4.79 Å². The molecule has 1 amide bonds. The van der Waals surface area contributed by atoms with Crippen LogP contribution in [0.25, 0.3) is 0 Å². The van der Waals surface area contributed by atoms with Gasteiger partial charge in [0, 0.05) is 37.2 Å². The molecule has 0 spiro atoms. The van der Waals surface area contributed by atoms with Crippen LogP contribution >= 0.6 is 0 Å². The van der Waals surface area contributed by atoms with E-state index in [2.05, 4.69) is 25.5 Å².